The highest BCUT2D eigenvalue weighted by Gasteiger charge is 2.35. The number of pyridine rings is 1. The molecule has 0 saturated heterocycles. The summed E-state index contributed by atoms with van der Waals surface area (Å²) in [5, 5.41) is 19.2. The Kier molecular flexibility index (Phi) is 5.33. The maximum Gasteiger partial charge on any atom is 0.435 e. The molecule has 0 aromatic carbocycles. The third-order valence-corrected chi connectivity index (χ3v) is 3.84. The van der Waals surface area contributed by atoms with Crippen LogP contribution in [-0.4, -0.2) is 39.5 Å². The molecule has 0 bridgehead atoms. The van der Waals surface area contributed by atoms with Crippen LogP contribution in [0.5, 0.6) is 0 Å². The highest BCUT2D eigenvalue weighted by Crippen LogP contribution is 2.29. The third kappa shape index (κ3) is 3.81. The molecule has 0 aliphatic rings. The maximum atomic E-state index is 12.8. The first-order valence-electron chi connectivity index (χ1n) is 7.53. The molecule has 11 heteroatoms. The van der Waals surface area contributed by atoms with Gasteiger partial charge in [0, 0.05) is 25.2 Å². The predicted octanol–water partition coefficient (Wildman–Crippen LogP) is 1.95. The van der Waals surface area contributed by atoms with Crippen molar-refractivity contribution < 1.29 is 22.7 Å². The van der Waals surface area contributed by atoms with E-state index in [0.29, 0.717) is 0 Å². The van der Waals surface area contributed by atoms with E-state index in [1.165, 1.54) is 20.2 Å². The van der Waals surface area contributed by atoms with Crippen LogP contribution in [0.25, 0.3) is 0 Å². The van der Waals surface area contributed by atoms with Gasteiger partial charge in [0.15, 0.2) is 5.69 Å². The average molecular weight is 383 g/mol. The number of rotatable bonds is 4. The van der Waals surface area contributed by atoms with Gasteiger partial charge in [0.2, 0.25) is 0 Å². The van der Waals surface area contributed by atoms with Gasteiger partial charge in [-0.1, -0.05) is 0 Å². The fraction of sp³-hybridized carbons (Fsp3) is 0.312. The second-order valence-corrected chi connectivity index (χ2v) is 5.70. The molecule has 1 atom stereocenters. The summed E-state index contributed by atoms with van der Waals surface area (Å²) >= 11 is 0. The van der Waals surface area contributed by atoms with Crippen LogP contribution in [0, 0.1) is 17.7 Å². The Morgan fingerprint density at radius 3 is 2.48 bits per heavy atom. The van der Waals surface area contributed by atoms with E-state index >= 15 is 0 Å². The number of aryl methyl sites for hydroxylation is 2. The van der Waals surface area contributed by atoms with E-state index in [-0.39, 0.29) is 16.8 Å². The Bertz CT molecular complexity index is 975. The summed E-state index contributed by atoms with van der Waals surface area (Å²) in [6.45, 7) is 1.35. The van der Waals surface area contributed by atoms with E-state index in [9.17, 15) is 22.8 Å². The summed E-state index contributed by atoms with van der Waals surface area (Å²) in [5.74, 6) is -2.48. The lowest BCUT2D eigenvalue weighted by atomic mass is 9.99. The fourth-order valence-electron chi connectivity index (χ4n) is 2.49. The first-order chi connectivity index (χ1) is 12.5. The van der Waals surface area contributed by atoms with Crippen molar-refractivity contribution in [1.29, 1.82) is 10.8 Å². The molecule has 0 saturated carbocycles. The van der Waals surface area contributed by atoms with Gasteiger partial charge in [-0.05, 0) is 24.6 Å². The molecule has 2 aromatic rings. The fourth-order valence-corrected chi connectivity index (χ4v) is 2.49. The van der Waals surface area contributed by atoms with E-state index in [2.05, 4.69) is 9.84 Å². The van der Waals surface area contributed by atoms with Gasteiger partial charge in [0.1, 0.15) is 11.4 Å². The van der Waals surface area contributed by atoms with Gasteiger partial charge in [0.25, 0.3) is 5.56 Å². The molecule has 0 spiro atoms. The molecule has 0 aliphatic carbocycles. The molecule has 1 unspecified atom stereocenters. The third-order valence-electron chi connectivity index (χ3n) is 3.84. The molecule has 2 rings (SSSR count). The summed E-state index contributed by atoms with van der Waals surface area (Å²) in [7, 11) is 2.46. The number of halogens is 3. The summed E-state index contributed by atoms with van der Waals surface area (Å²) in [4.78, 5) is 23.8. The molecule has 144 valence electrons. The van der Waals surface area contributed by atoms with Gasteiger partial charge in [-0.15, -0.1) is 0 Å². The van der Waals surface area contributed by atoms with Crippen molar-refractivity contribution in [3.8, 4) is 0 Å². The number of hydrogen-bond donors (Lipinski definition) is 2. The van der Waals surface area contributed by atoms with Crippen molar-refractivity contribution in [1.82, 2.24) is 14.3 Å². The number of carbonyl (C=O) groups is 1. The maximum absolute atomic E-state index is 12.8. The summed E-state index contributed by atoms with van der Waals surface area (Å²) in [5.41, 5.74) is -1.89. The number of methoxy groups -OCH3 is 1. The highest BCUT2D eigenvalue weighted by atomic mass is 19.4. The Labute approximate surface area is 151 Å². The molecule has 2 heterocycles. The van der Waals surface area contributed by atoms with E-state index in [0.717, 1.165) is 34.7 Å². The monoisotopic (exact) mass is 383 g/mol. The molecule has 27 heavy (non-hydrogen) atoms. The van der Waals surface area contributed by atoms with Crippen LogP contribution < -0.4 is 5.56 Å². The molecule has 2 aromatic heterocycles. The summed E-state index contributed by atoms with van der Waals surface area (Å²) in [6.07, 6.45) is -2.56. The zero-order chi connectivity index (χ0) is 20.5. The number of alkyl halides is 3. The van der Waals surface area contributed by atoms with Crippen molar-refractivity contribution >= 4 is 18.0 Å². The number of nitrogens with zero attached hydrogens (tertiary/aromatic N) is 3. The Hall–Kier alpha value is -3.24. The van der Waals surface area contributed by atoms with Crippen molar-refractivity contribution in [2.45, 2.75) is 19.0 Å². The largest absolute Gasteiger partial charge is 0.465 e. The molecule has 0 radical (unpaired) electrons. The number of nitrogens with one attached hydrogen (secondary N) is 2. The second kappa shape index (κ2) is 7.17. The number of ether oxygens (including phenoxy) is 1. The van der Waals surface area contributed by atoms with Gasteiger partial charge in [-0.25, -0.2) is 9.48 Å². The lowest BCUT2D eigenvalue weighted by Gasteiger charge is -2.16. The standard InChI is InChI=1S/C16H16F3N5O3/c1-8-4-12(16(17,18)19)22-24(8)13(21)11(6-20)9-5-10(15(26)27-3)14(25)23(2)7-9/h4-7,11,20-21H,1-3H3. The minimum Gasteiger partial charge on any atom is -0.465 e. The number of esters is 1. The zero-order valence-corrected chi connectivity index (χ0v) is 14.6. The van der Waals surface area contributed by atoms with Crippen LogP contribution in [0.1, 0.15) is 33.2 Å². The van der Waals surface area contributed by atoms with Crippen molar-refractivity contribution in [3.05, 3.63) is 51.2 Å². The molecular weight excluding hydrogens is 367 g/mol. The Morgan fingerprint density at radius 2 is 2.00 bits per heavy atom. The molecule has 2 N–H and O–H groups in total. The first kappa shape index (κ1) is 20.1. The molecular formula is C16H16F3N5O3. The van der Waals surface area contributed by atoms with E-state index in [4.69, 9.17) is 10.8 Å². The lowest BCUT2D eigenvalue weighted by Crippen LogP contribution is -2.29. The molecule has 0 amide bonds. The first-order valence-corrected chi connectivity index (χ1v) is 7.53. The van der Waals surface area contributed by atoms with Crippen molar-refractivity contribution in [3.63, 3.8) is 0 Å². The quantitative estimate of drug-likeness (QED) is 0.477. The molecule has 0 fully saturated rings. The van der Waals surface area contributed by atoms with E-state index in [1.807, 2.05) is 0 Å². The SMILES string of the molecule is COC(=O)c1cc(C(C=N)C(=N)n2nc(C(F)(F)F)cc2C)cn(C)c1=O. The number of aromatic nitrogens is 3. The minimum absolute atomic E-state index is 0.0530. The van der Waals surface area contributed by atoms with Gasteiger partial charge in [-0.2, -0.15) is 18.3 Å². The Balaban J connectivity index is 2.55. The van der Waals surface area contributed by atoms with Crippen molar-refractivity contribution in [2.24, 2.45) is 7.05 Å². The van der Waals surface area contributed by atoms with Gasteiger partial charge < -0.3 is 14.7 Å². The minimum atomic E-state index is -4.68. The van der Waals surface area contributed by atoms with E-state index in [1.54, 1.807) is 0 Å². The second-order valence-electron chi connectivity index (χ2n) is 5.70. The summed E-state index contributed by atoms with van der Waals surface area (Å²) in [6, 6.07) is 1.94. The van der Waals surface area contributed by atoms with Gasteiger partial charge in [0.05, 0.1) is 13.0 Å². The predicted molar refractivity (Wildman–Crippen MR) is 89.6 cm³/mol. The van der Waals surface area contributed by atoms with Crippen molar-refractivity contribution in [2.75, 3.05) is 7.11 Å². The normalized spacial score (nSPS) is 12.5. The van der Waals surface area contributed by atoms with Gasteiger partial charge in [-0.3, -0.25) is 10.2 Å². The average Bonchev–Trinajstić information content (AvgIpc) is 2.99. The Morgan fingerprint density at radius 1 is 1.37 bits per heavy atom. The topological polar surface area (TPSA) is 114 Å². The number of hydrogen-bond acceptors (Lipinski definition) is 6. The van der Waals surface area contributed by atoms with Crippen LogP contribution in [0.3, 0.4) is 0 Å². The van der Waals surface area contributed by atoms with E-state index < -0.39 is 35.2 Å². The van der Waals surface area contributed by atoms with Crippen LogP contribution in [-0.2, 0) is 18.0 Å². The van der Waals surface area contributed by atoms with Crippen LogP contribution >= 0.6 is 0 Å². The van der Waals surface area contributed by atoms with Gasteiger partial charge >= 0.3 is 12.1 Å². The number of carbonyl (C=O) groups excluding carboxylic acids is 1. The lowest BCUT2D eigenvalue weighted by molar-refractivity contribution is -0.141. The summed E-state index contributed by atoms with van der Waals surface area (Å²) < 4.78 is 44.9. The molecule has 8 nitrogen and oxygen atoms in total. The van der Waals surface area contributed by atoms with Crippen LogP contribution in [0.15, 0.2) is 23.1 Å². The van der Waals surface area contributed by atoms with Crippen LogP contribution in [0.2, 0.25) is 0 Å². The van der Waals surface area contributed by atoms with Crippen LogP contribution in [0.4, 0.5) is 13.2 Å². The molecule has 0 aliphatic heterocycles. The smallest absolute Gasteiger partial charge is 0.435 e. The zero-order valence-electron chi connectivity index (χ0n) is 14.6. The highest BCUT2D eigenvalue weighted by molar-refractivity contribution is 6.01.